The van der Waals surface area contributed by atoms with Crippen LogP contribution in [-0.2, 0) is 24.4 Å². The molecule has 0 saturated carbocycles. The van der Waals surface area contributed by atoms with E-state index in [1.165, 1.54) is 12.8 Å². The number of piperidine rings is 1. The van der Waals surface area contributed by atoms with Crippen LogP contribution in [0.25, 0.3) is 11.0 Å². The summed E-state index contributed by atoms with van der Waals surface area (Å²) in [5.41, 5.74) is 4.48. The highest BCUT2D eigenvalue weighted by atomic mass is 16.5. The van der Waals surface area contributed by atoms with E-state index in [1.807, 2.05) is 55.5 Å². The summed E-state index contributed by atoms with van der Waals surface area (Å²) in [6.07, 6.45) is 9.91. The van der Waals surface area contributed by atoms with Gasteiger partial charge in [0.25, 0.3) is 0 Å². The van der Waals surface area contributed by atoms with E-state index in [4.69, 9.17) is 14.5 Å². The van der Waals surface area contributed by atoms with Gasteiger partial charge in [0.2, 0.25) is 5.91 Å². The summed E-state index contributed by atoms with van der Waals surface area (Å²) < 4.78 is 12.1. The second-order valence-corrected chi connectivity index (χ2v) is 11.2. The van der Waals surface area contributed by atoms with Crippen LogP contribution in [0.5, 0.6) is 5.75 Å². The normalized spacial score (nSPS) is 16.6. The van der Waals surface area contributed by atoms with Crippen LogP contribution < -0.4 is 4.74 Å². The van der Waals surface area contributed by atoms with E-state index >= 15 is 0 Å². The number of aryl methyl sites for hydroxylation is 1. The fourth-order valence-electron chi connectivity index (χ4n) is 5.63. The van der Waals surface area contributed by atoms with Crippen molar-refractivity contribution in [2.45, 2.75) is 51.7 Å². The van der Waals surface area contributed by atoms with Crippen molar-refractivity contribution in [1.82, 2.24) is 19.9 Å². The van der Waals surface area contributed by atoms with Crippen molar-refractivity contribution in [3.8, 4) is 11.8 Å². The zero-order chi connectivity index (χ0) is 27.9. The molecule has 8 nitrogen and oxygen atoms in total. The van der Waals surface area contributed by atoms with Crippen LogP contribution in [-0.4, -0.2) is 66.0 Å². The number of hydrogen-bond acceptors (Lipinski definition) is 7. The summed E-state index contributed by atoms with van der Waals surface area (Å²) >= 11 is 0. The largest absolute Gasteiger partial charge is 0.488 e. The molecule has 3 aromatic rings. The number of carbonyl (C=O) groups excluding carboxylic acids is 1. The molecule has 0 unspecified atom stereocenters. The molecule has 210 valence electrons. The van der Waals surface area contributed by atoms with Gasteiger partial charge in [-0.3, -0.25) is 4.79 Å². The Kier molecular flexibility index (Phi) is 9.15. The lowest BCUT2D eigenvalue weighted by Gasteiger charge is -2.33. The maximum Gasteiger partial charge on any atom is 0.226 e. The van der Waals surface area contributed by atoms with E-state index in [9.17, 15) is 4.79 Å². The number of benzene rings is 2. The van der Waals surface area contributed by atoms with Crippen LogP contribution in [0.3, 0.4) is 0 Å². The fourth-order valence-corrected chi connectivity index (χ4v) is 5.63. The molecule has 0 radical (unpaired) electrons. The monoisotopic (exact) mass is 541 g/mol. The summed E-state index contributed by atoms with van der Waals surface area (Å²) in [6.45, 7) is 5.01. The number of nitrogens with zero attached hydrogens (tertiary/aromatic N) is 5. The van der Waals surface area contributed by atoms with Crippen LogP contribution in [0.4, 0.5) is 0 Å². The van der Waals surface area contributed by atoms with Gasteiger partial charge in [0.15, 0.2) is 5.58 Å². The van der Waals surface area contributed by atoms with Crippen molar-refractivity contribution in [1.29, 1.82) is 5.26 Å². The van der Waals surface area contributed by atoms with Crippen LogP contribution >= 0.6 is 0 Å². The highest BCUT2D eigenvalue weighted by molar-refractivity contribution is 5.84. The number of amides is 1. The molecule has 0 aliphatic carbocycles. The SMILES string of the molecule is CN(C)Cc1c(OCc2ccc(C#N)cc2)ccc2c(CCC3CCN(CCN4C=CCCC4=O)CC3)noc12. The highest BCUT2D eigenvalue weighted by Crippen LogP contribution is 2.33. The maximum atomic E-state index is 12.0. The number of ether oxygens (including phenoxy) is 1. The fraction of sp³-hybridized carbons (Fsp3) is 0.469. The van der Waals surface area contributed by atoms with E-state index in [0.717, 1.165) is 79.0 Å². The summed E-state index contributed by atoms with van der Waals surface area (Å²) in [5.74, 6) is 1.72. The van der Waals surface area contributed by atoms with E-state index in [1.54, 1.807) is 0 Å². The van der Waals surface area contributed by atoms with Crippen molar-refractivity contribution < 1.29 is 14.1 Å². The molecule has 1 aromatic heterocycles. The molecule has 8 heteroatoms. The topological polar surface area (TPSA) is 85.8 Å². The van der Waals surface area contributed by atoms with Crippen LogP contribution in [0.1, 0.15) is 54.5 Å². The van der Waals surface area contributed by atoms with Crippen molar-refractivity contribution in [2.24, 2.45) is 5.92 Å². The lowest BCUT2D eigenvalue weighted by atomic mass is 9.91. The smallest absolute Gasteiger partial charge is 0.226 e. The molecule has 1 saturated heterocycles. The molecule has 0 N–H and O–H groups in total. The second kappa shape index (κ2) is 13.1. The molecular formula is C32H39N5O3. The first-order valence-corrected chi connectivity index (χ1v) is 14.4. The molecule has 3 heterocycles. The first-order valence-electron chi connectivity index (χ1n) is 14.4. The summed E-state index contributed by atoms with van der Waals surface area (Å²) in [5, 5.41) is 14.6. The molecule has 2 aromatic carbocycles. The predicted octanol–water partition coefficient (Wildman–Crippen LogP) is 5.12. The molecular weight excluding hydrogens is 502 g/mol. The van der Waals surface area contributed by atoms with Crippen molar-refractivity contribution in [3.05, 3.63) is 71.1 Å². The third kappa shape index (κ3) is 6.90. The highest BCUT2D eigenvalue weighted by Gasteiger charge is 2.23. The average Bonchev–Trinajstić information content (AvgIpc) is 3.39. The Morgan fingerprint density at radius 1 is 1.12 bits per heavy atom. The number of allylic oxidation sites excluding steroid dienone is 1. The van der Waals surface area contributed by atoms with Crippen molar-refractivity contribution in [2.75, 3.05) is 40.3 Å². The van der Waals surface area contributed by atoms with Gasteiger partial charge in [-0.1, -0.05) is 23.4 Å². The van der Waals surface area contributed by atoms with Gasteiger partial charge in [0, 0.05) is 37.6 Å². The number of fused-ring (bicyclic) bond motifs is 1. The van der Waals surface area contributed by atoms with Crippen molar-refractivity contribution in [3.63, 3.8) is 0 Å². The lowest BCUT2D eigenvalue weighted by molar-refractivity contribution is -0.129. The van der Waals surface area contributed by atoms with Gasteiger partial charge < -0.3 is 24.0 Å². The molecule has 2 aliphatic heterocycles. The Bertz CT molecular complexity index is 1360. The standard InChI is InChI=1S/C32H39N5O3/c1-35(2)22-28-30(39-23-26-8-6-25(21-33)7-9-26)13-11-27-29(34-40-32(27)28)12-10-24-14-17-36(18-15-24)19-20-37-16-4-3-5-31(37)38/h4,6-9,11,13,16,24H,3,5,10,12,14-15,17-20,22-23H2,1-2H3. The summed E-state index contributed by atoms with van der Waals surface area (Å²) in [7, 11) is 4.07. The third-order valence-corrected chi connectivity index (χ3v) is 8.01. The molecule has 40 heavy (non-hydrogen) atoms. The van der Waals surface area contributed by atoms with Gasteiger partial charge in [-0.25, -0.2) is 0 Å². The van der Waals surface area contributed by atoms with Crippen LogP contribution in [0.15, 0.2) is 53.2 Å². The number of carbonyl (C=O) groups is 1. The van der Waals surface area contributed by atoms with Gasteiger partial charge in [-0.2, -0.15) is 5.26 Å². The van der Waals surface area contributed by atoms with E-state index in [2.05, 4.69) is 33.2 Å². The number of rotatable bonds is 11. The Balaban J connectivity index is 1.17. The Morgan fingerprint density at radius 3 is 2.65 bits per heavy atom. The quantitative estimate of drug-likeness (QED) is 0.333. The van der Waals surface area contributed by atoms with Gasteiger partial charge in [-0.15, -0.1) is 0 Å². The minimum Gasteiger partial charge on any atom is -0.488 e. The third-order valence-electron chi connectivity index (χ3n) is 8.01. The number of hydrogen-bond donors (Lipinski definition) is 0. The van der Waals surface area contributed by atoms with E-state index < -0.39 is 0 Å². The zero-order valence-corrected chi connectivity index (χ0v) is 23.6. The Hall–Kier alpha value is -3.67. The molecule has 0 spiro atoms. The molecule has 0 atom stereocenters. The average molecular weight is 542 g/mol. The minimum atomic E-state index is 0.246. The molecule has 1 amide bonds. The number of nitriles is 1. The number of aromatic nitrogens is 1. The van der Waals surface area contributed by atoms with E-state index in [0.29, 0.717) is 31.1 Å². The first kappa shape index (κ1) is 27.9. The van der Waals surface area contributed by atoms with Gasteiger partial charge in [0.1, 0.15) is 12.4 Å². The predicted molar refractivity (Wildman–Crippen MR) is 154 cm³/mol. The minimum absolute atomic E-state index is 0.246. The molecule has 0 bridgehead atoms. The zero-order valence-electron chi connectivity index (χ0n) is 23.6. The lowest BCUT2D eigenvalue weighted by Crippen LogP contribution is -2.40. The van der Waals surface area contributed by atoms with E-state index in [-0.39, 0.29) is 5.91 Å². The van der Waals surface area contributed by atoms with Crippen molar-refractivity contribution >= 4 is 16.9 Å². The number of likely N-dealkylation sites (tertiary alicyclic amines) is 1. The first-order chi connectivity index (χ1) is 19.5. The summed E-state index contributed by atoms with van der Waals surface area (Å²) in [6, 6.07) is 13.7. The molecule has 5 rings (SSSR count). The van der Waals surface area contributed by atoms with Gasteiger partial charge in [0.05, 0.1) is 22.9 Å². The van der Waals surface area contributed by atoms with Crippen LogP contribution in [0.2, 0.25) is 0 Å². The van der Waals surface area contributed by atoms with Gasteiger partial charge in [-0.05, 0) is 95.0 Å². The molecule has 1 fully saturated rings. The maximum absolute atomic E-state index is 12.0. The second-order valence-electron chi connectivity index (χ2n) is 11.2. The van der Waals surface area contributed by atoms with Gasteiger partial charge >= 0.3 is 0 Å². The summed E-state index contributed by atoms with van der Waals surface area (Å²) in [4.78, 5) is 18.5. The Labute approximate surface area is 236 Å². The van der Waals surface area contributed by atoms with Crippen LogP contribution in [0, 0.1) is 17.2 Å². The Morgan fingerprint density at radius 2 is 1.93 bits per heavy atom. The molecule has 2 aliphatic rings.